The van der Waals surface area contributed by atoms with Crippen molar-refractivity contribution in [2.24, 2.45) is 0 Å². The summed E-state index contributed by atoms with van der Waals surface area (Å²) in [6, 6.07) is 15.0. The number of piperidine rings is 1. The van der Waals surface area contributed by atoms with Crippen molar-refractivity contribution in [3.63, 3.8) is 0 Å². The highest BCUT2D eigenvalue weighted by atomic mass is 15.3. The van der Waals surface area contributed by atoms with Gasteiger partial charge >= 0.3 is 0 Å². The zero-order chi connectivity index (χ0) is 19.6. The molecule has 3 aliphatic rings. The maximum absolute atomic E-state index is 4.81. The van der Waals surface area contributed by atoms with Gasteiger partial charge in [-0.15, -0.1) is 0 Å². The first-order chi connectivity index (χ1) is 14.3. The summed E-state index contributed by atoms with van der Waals surface area (Å²) in [4.78, 5) is 12.5. The summed E-state index contributed by atoms with van der Waals surface area (Å²) in [7, 11) is 0. The van der Waals surface area contributed by atoms with E-state index in [9.17, 15) is 0 Å². The minimum atomic E-state index is 0.630. The first-order valence-corrected chi connectivity index (χ1v) is 11.5. The summed E-state index contributed by atoms with van der Waals surface area (Å²) in [6.45, 7) is 9.31. The molecule has 0 spiro atoms. The summed E-state index contributed by atoms with van der Waals surface area (Å²) in [5.41, 5.74) is 3.89. The molecule has 4 heteroatoms. The SMILES string of the molecule is CC1CN(c2ccc(-c3ccc(CN4CCCCC4)cc3)cn2)CCN1C1CC1. The molecule has 1 atom stereocenters. The number of hydrogen-bond acceptors (Lipinski definition) is 4. The maximum Gasteiger partial charge on any atom is 0.128 e. The summed E-state index contributed by atoms with van der Waals surface area (Å²) >= 11 is 0. The highest BCUT2D eigenvalue weighted by Crippen LogP contribution is 2.31. The number of hydrogen-bond donors (Lipinski definition) is 0. The van der Waals surface area contributed by atoms with E-state index in [2.05, 4.69) is 58.0 Å². The van der Waals surface area contributed by atoms with Crippen molar-refractivity contribution in [3.05, 3.63) is 48.2 Å². The van der Waals surface area contributed by atoms with Crippen LogP contribution in [0.3, 0.4) is 0 Å². The van der Waals surface area contributed by atoms with Gasteiger partial charge in [-0.2, -0.15) is 0 Å². The first-order valence-electron chi connectivity index (χ1n) is 11.5. The number of likely N-dealkylation sites (tertiary alicyclic amines) is 1. The van der Waals surface area contributed by atoms with Crippen LogP contribution in [0.25, 0.3) is 11.1 Å². The largest absolute Gasteiger partial charge is 0.354 e. The van der Waals surface area contributed by atoms with Crippen molar-refractivity contribution in [1.82, 2.24) is 14.8 Å². The second-order valence-corrected chi connectivity index (χ2v) is 9.20. The number of benzene rings is 1. The Morgan fingerprint density at radius 2 is 1.62 bits per heavy atom. The molecule has 0 radical (unpaired) electrons. The van der Waals surface area contributed by atoms with E-state index in [1.165, 1.54) is 68.4 Å². The average molecular weight is 391 g/mol. The van der Waals surface area contributed by atoms with Crippen LogP contribution in [0.1, 0.15) is 44.6 Å². The van der Waals surface area contributed by atoms with Gasteiger partial charge in [-0.05, 0) is 69.0 Å². The van der Waals surface area contributed by atoms with Crippen molar-refractivity contribution in [2.45, 2.75) is 57.7 Å². The van der Waals surface area contributed by atoms with E-state index < -0.39 is 0 Å². The molecule has 1 saturated carbocycles. The fraction of sp³-hybridized carbons (Fsp3) is 0.560. The molecule has 3 heterocycles. The fourth-order valence-electron chi connectivity index (χ4n) is 5.05. The molecule has 5 rings (SSSR count). The molecule has 0 N–H and O–H groups in total. The van der Waals surface area contributed by atoms with Crippen LogP contribution in [-0.4, -0.2) is 59.6 Å². The van der Waals surface area contributed by atoms with E-state index in [4.69, 9.17) is 4.98 Å². The van der Waals surface area contributed by atoms with E-state index in [-0.39, 0.29) is 0 Å². The van der Waals surface area contributed by atoms with Crippen LogP contribution in [0, 0.1) is 0 Å². The van der Waals surface area contributed by atoms with Gasteiger partial charge in [0.2, 0.25) is 0 Å². The standard InChI is InChI=1S/C25H34N4/c1-20-18-28(15-16-29(20)24-10-11-24)25-12-9-23(17-26-25)22-7-5-21(6-8-22)19-27-13-3-2-4-14-27/h5-9,12,17,20,24H,2-4,10-11,13-16,18-19H2,1H3. The smallest absolute Gasteiger partial charge is 0.128 e. The molecule has 1 aromatic heterocycles. The van der Waals surface area contributed by atoms with Crippen molar-refractivity contribution < 1.29 is 0 Å². The Balaban J connectivity index is 1.21. The molecule has 2 saturated heterocycles. The van der Waals surface area contributed by atoms with E-state index in [1.54, 1.807) is 0 Å². The summed E-state index contributed by atoms with van der Waals surface area (Å²) in [6.07, 6.45) is 8.94. The van der Waals surface area contributed by atoms with Crippen LogP contribution in [0.5, 0.6) is 0 Å². The van der Waals surface area contributed by atoms with E-state index in [0.717, 1.165) is 31.5 Å². The van der Waals surface area contributed by atoms with Crippen LogP contribution in [-0.2, 0) is 6.54 Å². The third kappa shape index (κ3) is 4.49. The number of aromatic nitrogens is 1. The minimum Gasteiger partial charge on any atom is -0.354 e. The number of pyridine rings is 1. The summed E-state index contributed by atoms with van der Waals surface area (Å²) < 4.78 is 0. The normalized spacial score (nSPS) is 24.0. The Hall–Kier alpha value is -1.91. The van der Waals surface area contributed by atoms with E-state index in [0.29, 0.717) is 6.04 Å². The second kappa shape index (κ2) is 8.45. The molecule has 2 aromatic rings. The van der Waals surface area contributed by atoms with Gasteiger partial charge in [0.25, 0.3) is 0 Å². The van der Waals surface area contributed by atoms with Crippen LogP contribution in [0.15, 0.2) is 42.6 Å². The lowest BCUT2D eigenvalue weighted by atomic mass is 10.0. The molecule has 29 heavy (non-hydrogen) atoms. The molecule has 1 unspecified atom stereocenters. The third-order valence-electron chi connectivity index (χ3n) is 6.91. The second-order valence-electron chi connectivity index (χ2n) is 9.20. The topological polar surface area (TPSA) is 22.6 Å². The van der Waals surface area contributed by atoms with E-state index in [1.807, 2.05) is 6.20 Å². The molecular formula is C25H34N4. The number of anilines is 1. The Morgan fingerprint density at radius 3 is 2.28 bits per heavy atom. The molecule has 0 bridgehead atoms. The van der Waals surface area contributed by atoms with Gasteiger partial charge < -0.3 is 4.90 Å². The lowest BCUT2D eigenvalue weighted by Gasteiger charge is -2.40. The zero-order valence-corrected chi connectivity index (χ0v) is 17.8. The van der Waals surface area contributed by atoms with Gasteiger partial charge in [0, 0.05) is 50.0 Å². The molecule has 4 nitrogen and oxygen atoms in total. The van der Waals surface area contributed by atoms with Gasteiger partial charge in [0.15, 0.2) is 0 Å². The molecule has 2 aliphatic heterocycles. The Bertz CT molecular complexity index is 791. The summed E-state index contributed by atoms with van der Waals surface area (Å²) in [5.74, 6) is 1.12. The number of piperazine rings is 1. The first kappa shape index (κ1) is 19.1. The zero-order valence-electron chi connectivity index (χ0n) is 17.8. The molecule has 1 aliphatic carbocycles. The van der Waals surface area contributed by atoms with Crippen LogP contribution in [0.2, 0.25) is 0 Å². The Kier molecular flexibility index (Phi) is 5.56. The Labute approximate surface area is 175 Å². The van der Waals surface area contributed by atoms with Crippen molar-refractivity contribution in [1.29, 1.82) is 0 Å². The van der Waals surface area contributed by atoms with Crippen molar-refractivity contribution in [3.8, 4) is 11.1 Å². The van der Waals surface area contributed by atoms with Gasteiger partial charge in [-0.3, -0.25) is 9.80 Å². The Morgan fingerprint density at radius 1 is 0.862 bits per heavy atom. The van der Waals surface area contributed by atoms with E-state index >= 15 is 0 Å². The highest BCUT2D eigenvalue weighted by Gasteiger charge is 2.35. The minimum absolute atomic E-state index is 0.630. The van der Waals surface area contributed by atoms with Crippen LogP contribution in [0.4, 0.5) is 5.82 Å². The van der Waals surface area contributed by atoms with Gasteiger partial charge in [0.1, 0.15) is 5.82 Å². The molecule has 3 fully saturated rings. The third-order valence-corrected chi connectivity index (χ3v) is 6.91. The quantitative estimate of drug-likeness (QED) is 0.754. The predicted octanol–water partition coefficient (Wildman–Crippen LogP) is 4.41. The van der Waals surface area contributed by atoms with Gasteiger partial charge in [-0.25, -0.2) is 4.98 Å². The predicted molar refractivity (Wildman–Crippen MR) is 120 cm³/mol. The van der Waals surface area contributed by atoms with Crippen molar-refractivity contribution in [2.75, 3.05) is 37.6 Å². The number of rotatable bonds is 5. The maximum atomic E-state index is 4.81. The molecular weight excluding hydrogens is 356 g/mol. The molecule has 1 aromatic carbocycles. The number of nitrogens with zero attached hydrogens (tertiary/aromatic N) is 4. The van der Waals surface area contributed by atoms with Crippen molar-refractivity contribution >= 4 is 5.82 Å². The monoisotopic (exact) mass is 390 g/mol. The van der Waals surface area contributed by atoms with Crippen LogP contribution < -0.4 is 4.90 Å². The average Bonchev–Trinajstić information content (AvgIpc) is 3.60. The lowest BCUT2D eigenvalue weighted by molar-refractivity contribution is 0.179. The highest BCUT2D eigenvalue weighted by molar-refractivity contribution is 5.64. The molecule has 154 valence electrons. The van der Waals surface area contributed by atoms with Gasteiger partial charge in [0.05, 0.1) is 0 Å². The fourth-order valence-corrected chi connectivity index (χ4v) is 5.05. The lowest BCUT2D eigenvalue weighted by Crippen LogP contribution is -2.52. The summed E-state index contributed by atoms with van der Waals surface area (Å²) in [5, 5.41) is 0. The van der Waals surface area contributed by atoms with Crippen LogP contribution >= 0.6 is 0 Å². The molecule has 0 amide bonds. The van der Waals surface area contributed by atoms with Gasteiger partial charge in [-0.1, -0.05) is 30.7 Å².